The van der Waals surface area contributed by atoms with Crippen LogP contribution < -0.4 is 5.32 Å². The minimum atomic E-state index is -0.302. The Morgan fingerprint density at radius 2 is 2.19 bits per heavy atom. The monoisotopic (exact) mass is 289 g/mol. The van der Waals surface area contributed by atoms with Crippen molar-refractivity contribution < 1.29 is 4.92 Å². The molecule has 1 aliphatic heterocycles. The van der Waals surface area contributed by atoms with E-state index in [0.717, 1.165) is 18.7 Å². The number of likely N-dealkylation sites (tertiary alicyclic amines) is 1. The molecule has 1 saturated heterocycles. The van der Waals surface area contributed by atoms with Crippen LogP contribution >= 0.6 is 0 Å². The molecule has 1 heterocycles. The minimum absolute atomic E-state index is 0.195. The molecule has 0 bridgehead atoms. The van der Waals surface area contributed by atoms with Gasteiger partial charge in [0.2, 0.25) is 0 Å². The number of nitro groups is 1. The molecule has 0 spiro atoms. The summed E-state index contributed by atoms with van der Waals surface area (Å²) in [6.45, 7) is 2.08. The smallest absolute Gasteiger partial charge is 0.269 e. The second-order valence-corrected chi connectivity index (χ2v) is 6.36. The van der Waals surface area contributed by atoms with Gasteiger partial charge in [-0.15, -0.1) is 0 Å². The zero-order chi connectivity index (χ0) is 14.8. The molecule has 2 fully saturated rings. The number of hydrogen-bond donors (Lipinski definition) is 1. The lowest BCUT2D eigenvalue weighted by Gasteiger charge is -2.39. The van der Waals surface area contributed by atoms with Crippen molar-refractivity contribution >= 4 is 5.69 Å². The van der Waals surface area contributed by atoms with Crippen molar-refractivity contribution in [1.29, 1.82) is 0 Å². The molecule has 1 saturated carbocycles. The van der Waals surface area contributed by atoms with Gasteiger partial charge in [0, 0.05) is 30.8 Å². The molecule has 0 radical (unpaired) electrons. The molecule has 0 amide bonds. The lowest BCUT2D eigenvalue weighted by atomic mass is 9.84. The molecule has 21 heavy (non-hydrogen) atoms. The van der Waals surface area contributed by atoms with E-state index in [1.165, 1.54) is 25.7 Å². The van der Waals surface area contributed by atoms with Gasteiger partial charge in [0.25, 0.3) is 5.69 Å². The molecule has 2 atom stereocenters. The van der Waals surface area contributed by atoms with Crippen molar-refractivity contribution in [3.8, 4) is 0 Å². The van der Waals surface area contributed by atoms with Gasteiger partial charge in [-0.1, -0.05) is 12.1 Å². The summed E-state index contributed by atoms with van der Waals surface area (Å²) in [5, 5.41) is 14.6. The summed E-state index contributed by atoms with van der Waals surface area (Å²) in [6.07, 6.45) is 4.99. The van der Waals surface area contributed by atoms with Gasteiger partial charge in [0.15, 0.2) is 0 Å². The van der Waals surface area contributed by atoms with Crippen LogP contribution in [0.5, 0.6) is 0 Å². The first-order chi connectivity index (χ1) is 10.1. The van der Waals surface area contributed by atoms with E-state index < -0.39 is 0 Å². The summed E-state index contributed by atoms with van der Waals surface area (Å²) in [5.74, 6) is 0.534. The van der Waals surface area contributed by atoms with Gasteiger partial charge in [-0.05, 0) is 50.8 Å². The standard InChI is InChI=1S/C16H23N3O2/c1-18-9-3-5-13(11-17-14-7-8-14)16(18)12-4-2-6-15(10-12)19(20)21/h2,4,6,10,13-14,16-17H,3,5,7-9,11H2,1H3. The molecule has 1 aromatic carbocycles. The number of rotatable bonds is 5. The first kappa shape index (κ1) is 14.5. The summed E-state index contributed by atoms with van der Waals surface area (Å²) in [5.41, 5.74) is 1.27. The van der Waals surface area contributed by atoms with Crippen molar-refractivity contribution in [1.82, 2.24) is 10.2 Å². The van der Waals surface area contributed by atoms with Crippen molar-refractivity contribution in [2.24, 2.45) is 5.92 Å². The van der Waals surface area contributed by atoms with Gasteiger partial charge < -0.3 is 5.32 Å². The summed E-state index contributed by atoms with van der Waals surface area (Å²) in [6, 6.07) is 8.15. The molecular weight excluding hydrogens is 266 g/mol. The predicted octanol–water partition coefficient (Wildman–Crippen LogP) is 2.73. The Labute approximate surface area is 125 Å². The van der Waals surface area contributed by atoms with E-state index in [-0.39, 0.29) is 16.7 Å². The molecule has 1 aliphatic carbocycles. The second kappa shape index (κ2) is 6.12. The normalized spacial score (nSPS) is 26.7. The zero-order valence-corrected chi connectivity index (χ0v) is 12.5. The Bertz CT molecular complexity index is 516. The van der Waals surface area contributed by atoms with Crippen LogP contribution in [0.3, 0.4) is 0 Å². The molecule has 0 aromatic heterocycles. The molecule has 1 aromatic rings. The Morgan fingerprint density at radius 1 is 1.38 bits per heavy atom. The first-order valence-corrected chi connectivity index (χ1v) is 7.83. The van der Waals surface area contributed by atoms with Gasteiger partial charge in [-0.2, -0.15) is 0 Å². The second-order valence-electron chi connectivity index (χ2n) is 6.36. The summed E-state index contributed by atoms with van der Waals surface area (Å²) < 4.78 is 0. The van der Waals surface area contributed by atoms with E-state index >= 15 is 0 Å². The fourth-order valence-corrected chi connectivity index (χ4v) is 3.43. The zero-order valence-electron chi connectivity index (χ0n) is 12.5. The highest BCUT2D eigenvalue weighted by Crippen LogP contribution is 2.36. The van der Waals surface area contributed by atoms with E-state index in [1.807, 2.05) is 6.07 Å². The van der Waals surface area contributed by atoms with Crippen LogP contribution in [0.2, 0.25) is 0 Å². The van der Waals surface area contributed by atoms with Gasteiger partial charge in [0.05, 0.1) is 4.92 Å². The Balaban J connectivity index is 1.79. The number of piperidine rings is 1. The summed E-state index contributed by atoms with van der Waals surface area (Å²) in [7, 11) is 2.13. The predicted molar refractivity (Wildman–Crippen MR) is 82.2 cm³/mol. The average molecular weight is 289 g/mol. The third-order valence-electron chi connectivity index (χ3n) is 4.68. The number of nitro benzene ring substituents is 1. The van der Waals surface area contributed by atoms with Gasteiger partial charge in [-0.25, -0.2) is 0 Å². The van der Waals surface area contributed by atoms with Crippen LogP contribution in [0.25, 0.3) is 0 Å². The van der Waals surface area contributed by atoms with Crippen molar-refractivity contribution in [2.75, 3.05) is 20.1 Å². The maximum Gasteiger partial charge on any atom is 0.269 e. The maximum atomic E-state index is 11.0. The van der Waals surface area contributed by atoms with Gasteiger partial charge >= 0.3 is 0 Å². The van der Waals surface area contributed by atoms with Crippen LogP contribution in [0.15, 0.2) is 24.3 Å². The fraction of sp³-hybridized carbons (Fsp3) is 0.625. The van der Waals surface area contributed by atoms with Crippen LogP contribution in [0.1, 0.15) is 37.3 Å². The first-order valence-electron chi connectivity index (χ1n) is 7.83. The van der Waals surface area contributed by atoms with E-state index in [9.17, 15) is 10.1 Å². The Hall–Kier alpha value is -1.46. The highest BCUT2D eigenvalue weighted by Gasteiger charge is 2.32. The van der Waals surface area contributed by atoms with Crippen molar-refractivity contribution in [2.45, 2.75) is 37.8 Å². The SMILES string of the molecule is CN1CCCC(CNC2CC2)C1c1cccc([N+](=O)[O-])c1. The molecule has 1 N–H and O–H groups in total. The van der Waals surface area contributed by atoms with Gasteiger partial charge in [0.1, 0.15) is 0 Å². The van der Waals surface area contributed by atoms with Crippen molar-refractivity contribution in [3.63, 3.8) is 0 Å². The van der Waals surface area contributed by atoms with Crippen LogP contribution in [-0.2, 0) is 0 Å². The summed E-state index contributed by atoms with van der Waals surface area (Å²) >= 11 is 0. The molecule has 5 nitrogen and oxygen atoms in total. The third kappa shape index (κ3) is 3.41. The number of hydrogen-bond acceptors (Lipinski definition) is 4. The lowest BCUT2D eigenvalue weighted by Crippen LogP contribution is -2.40. The number of nitrogens with one attached hydrogen (secondary N) is 1. The van der Waals surface area contributed by atoms with E-state index in [2.05, 4.69) is 17.3 Å². The Morgan fingerprint density at radius 3 is 2.90 bits per heavy atom. The quantitative estimate of drug-likeness (QED) is 0.669. The van der Waals surface area contributed by atoms with Crippen LogP contribution in [0, 0.1) is 16.0 Å². The van der Waals surface area contributed by atoms with Gasteiger partial charge in [-0.3, -0.25) is 15.0 Å². The molecule has 2 aliphatic rings. The third-order valence-corrected chi connectivity index (χ3v) is 4.68. The number of benzene rings is 1. The van der Waals surface area contributed by atoms with E-state index in [1.54, 1.807) is 18.2 Å². The van der Waals surface area contributed by atoms with Crippen LogP contribution in [-0.4, -0.2) is 36.0 Å². The maximum absolute atomic E-state index is 11.0. The molecule has 2 unspecified atom stereocenters. The largest absolute Gasteiger partial charge is 0.314 e. The topological polar surface area (TPSA) is 58.4 Å². The molecular formula is C16H23N3O2. The van der Waals surface area contributed by atoms with Crippen LogP contribution in [0.4, 0.5) is 5.69 Å². The highest BCUT2D eigenvalue weighted by molar-refractivity contribution is 5.36. The van der Waals surface area contributed by atoms with Crippen molar-refractivity contribution in [3.05, 3.63) is 39.9 Å². The lowest BCUT2D eigenvalue weighted by molar-refractivity contribution is -0.385. The highest BCUT2D eigenvalue weighted by atomic mass is 16.6. The minimum Gasteiger partial charge on any atom is -0.314 e. The average Bonchev–Trinajstić information content (AvgIpc) is 3.29. The molecule has 3 rings (SSSR count). The fourth-order valence-electron chi connectivity index (χ4n) is 3.43. The molecule has 114 valence electrons. The summed E-state index contributed by atoms with van der Waals surface area (Å²) in [4.78, 5) is 13.0. The Kier molecular flexibility index (Phi) is 4.22. The molecule has 5 heteroatoms. The number of non-ortho nitro benzene ring substituents is 1. The number of nitrogens with zero attached hydrogens (tertiary/aromatic N) is 2. The van der Waals surface area contributed by atoms with E-state index in [0.29, 0.717) is 12.0 Å². The van der Waals surface area contributed by atoms with E-state index in [4.69, 9.17) is 0 Å².